The molecule has 19 heavy (non-hydrogen) atoms. The Kier molecular flexibility index (Phi) is 3.72. The predicted molar refractivity (Wildman–Crippen MR) is 68.4 cm³/mol. The largest absolute Gasteiger partial charge is 0.477 e. The Balaban J connectivity index is 2.17. The summed E-state index contributed by atoms with van der Waals surface area (Å²) >= 11 is 5.62. The molecule has 6 nitrogen and oxygen atoms in total. The number of nitrogens with one attached hydrogen (secondary N) is 1. The molecule has 0 atom stereocenters. The lowest BCUT2D eigenvalue weighted by molar-refractivity contribution is 0.0690. The Bertz CT molecular complexity index is 628. The molecule has 0 saturated carbocycles. The smallest absolute Gasteiger partial charge is 0.354 e. The van der Waals surface area contributed by atoms with E-state index in [1.54, 1.807) is 0 Å². The number of rotatable bonds is 3. The van der Waals surface area contributed by atoms with Gasteiger partial charge in [-0.1, -0.05) is 11.6 Å². The lowest BCUT2D eigenvalue weighted by atomic mass is 10.2. The van der Waals surface area contributed by atoms with Gasteiger partial charge in [-0.05, 0) is 24.3 Å². The Hall–Kier alpha value is -2.47. The van der Waals surface area contributed by atoms with Crippen molar-refractivity contribution in [3.8, 4) is 0 Å². The van der Waals surface area contributed by atoms with Crippen LogP contribution in [0.5, 0.6) is 0 Å². The maximum absolute atomic E-state index is 11.8. The van der Waals surface area contributed by atoms with Crippen molar-refractivity contribution in [2.75, 3.05) is 5.32 Å². The summed E-state index contributed by atoms with van der Waals surface area (Å²) in [5.74, 6) is -1.57. The number of halogens is 1. The van der Waals surface area contributed by atoms with Crippen LogP contribution in [-0.4, -0.2) is 27.0 Å². The molecule has 0 aromatic carbocycles. The van der Waals surface area contributed by atoms with E-state index < -0.39 is 11.9 Å². The number of carbonyl (C=O) groups excluding carboxylic acids is 1. The van der Waals surface area contributed by atoms with E-state index in [4.69, 9.17) is 16.7 Å². The average Bonchev–Trinajstić information content (AvgIpc) is 2.39. The van der Waals surface area contributed by atoms with Crippen LogP contribution in [0, 0.1) is 0 Å². The summed E-state index contributed by atoms with van der Waals surface area (Å²) in [6, 6.07) is 5.77. The minimum atomic E-state index is -1.16. The third kappa shape index (κ3) is 3.26. The van der Waals surface area contributed by atoms with Crippen molar-refractivity contribution >= 4 is 29.2 Å². The van der Waals surface area contributed by atoms with Crippen molar-refractivity contribution in [2.45, 2.75) is 0 Å². The summed E-state index contributed by atoms with van der Waals surface area (Å²) in [6.07, 6.45) is 2.64. The molecule has 0 saturated heterocycles. The van der Waals surface area contributed by atoms with E-state index in [1.807, 2.05) is 0 Å². The molecule has 0 fully saturated rings. The molecule has 0 unspecified atom stereocenters. The van der Waals surface area contributed by atoms with Gasteiger partial charge < -0.3 is 10.4 Å². The van der Waals surface area contributed by atoms with Gasteiger partial charge in [-0.3, -0.25) is 4.79 Å². The minimum absolute atomic E-state index is 0.146. The summed E-state index contributed by atoms with van der Waals surface area (Å²) in [5, 5.41) is 11.6. The van der Waals surface area contributed by atoms with Crippen molar-refractivity contribution in [2.24, 2.45) is 0 Å². The van der Waals surface area contributed by atoms with E-state index >= 15 is 0 Å². The molecule has 2 heterocycles. The summed E-state index contributed by atoms with van der Waals surface area (Å²) in [6.45, 7) is 0. The zero-order valence-electron chi connectivity index (χ0n) is 9.50. The van der Waals surface area contributed by atoms with Gasteiger partial charge in [0.1, 0.15) is 10.8 Å². The van der Waals surface area contributed by atoms with Gasteiger partial charge in [0.25, 0.3) is 5.91 Å². The number of carboxylic acid groups (broad SMARTS) is 1. The number of amides is 1. The van der Waals surface area contributed by atoms with E-state index in [-0.39, 0.29) is 10.8 Å². The standard InChI is InChI=1S/C12H8ClN3O3/c13-10-2-1-7(6-15-10)11(17)16-8-3-4-14-9(5-8)12(18)19/h1-6H,(H,18,19)(H,14,16,17). The van der Waals surface area contributed by atoms with Crippen molar-refractivity contribution in [1.29, 1.82) is 0 Å². The van der Waals surface area contributed by atoms with Crippen LogP contribution >= 0.6 is 11.6 Å². The lowest BCUT2D eigenvalue weighted by Gasteiger charge is -2.05. The van der Waals surface area contributed by atoms with Crippen molar-refractivity contribution in [3.05, 3.63) is 53.1 Å². The van der Waals surface area contributed by atoms with Gasteiger partial charge in [-0.15, -0.1) is 0 Å². The molecule has 2 rings (SSSR count). The predicted octanol–water partition coefficient (Wildman–Crippen LogP) is 2.08. The van der Waals surface area contributed by atoms with E-state index in [0.717, 1.165) is 0 Å². The molecule has 0 spiro atoms. The molecular formula is C12H8ClN3O3. The summed E-state index contributed by atoms with van der Waals surface area (Å²) < 4.78 is 0. The van der Waals surface area contributed by atoms with Crippen LogP contribution in [0.1, 0.15) is 20.8 Å². The first-order valence-electron chi connectivity index (χ1n) is 5.18. The maximum atomic E-state index is 11.8. The third-order valence-corrected chi connectivity index (χ3v) is 2.45. The molecule has 2 aromatic heterocycles. The molecule has 0 aliphatic carbocycles. The van der Waals surface area contributed by atoms with Crippen LogP contribution in [0.25, 0.3) is 0 Å². The Morgan fingerprint density at radius 1 is 1.21 bits per heavy atom. The van der Waals surface area contributed by atoms with E-state index in [2.05, 4.69) is 15.3 Å². The number of aromatic nitrogens is 2. The van der Waals surface area contributed by atoms with Gasteiger partial charge in [0.15, 0.2) is 0 Å². The van der Waals surface area contributed by atoms with Crippen LogP contribution in [0.15, 0.2) is 36.7 Å². The zero-order valence-corrected chi connectivity index (χ0v) is 10.3. The van der Waals surface area contributed by atoms with E-state index in [9.17, 15) is 9.59 Å². The van der Waals surface area contributed by atoms with Gasteiger partial charge in [-0.2, -0.15) is 0 Å². The number of hydrogen-bond acceptors (Lipinski definition) is 4. The molecule has 1 amide bonds. The first-order chi connectivity index (χ1) is 9.06. The highest BCUT2D eigenvalue weighted by atomic mass is 35.5. The van der Waals surface area contributed by atoms with Gasteiger partial charge >= 0.3 is 5.97 Å². The third-order valence-electron chi connectivity index (χ3n) is 2.23. The molecule has 2 N–H and O–H groups in total. The Labute approximate surface area is 113 Å². The van der Waals surface area contributed by atoms with Gasteiger partial charge in [0.2, 0.25) is 0 Å². The molecule has 0 aliphatic heterocycles. The quantitative estimate of drug-likeness (QED) is 0.838. The number of hydrogen-bond donors (Lipinski definition) is 2. The first kappa shape index (κ1) is 13.0. The molecule has 2 aromatic rings. The minimum Gasteiger partial charge on any atom is -0.477 e. The Morgan fingerprint density at radius 3 is 2.63 bits per heavy atom. The fourth-order valence-electron chi connectivity index (χ4n) is 1.34. The normalized spacial score (nSPS) is 9.95. The number of anilines is 1. The van der Waals surface area contributed by atoms with Crippen molar-refractivity contribution in [3.63, 3.8) is 0 Å². The highest BCUT2D eigenvalue weighted by Crippen LogP contribution is 2.11. The molecule has 96 valence electrons. The van der Waals surface area contributed by atoms with Crippen molar-refractivity contribution < 1.29 is 14.7 Å². The first-order valence-corrected chi connectivity index (χ1v) is 5.56. The fraction of sp³-hybridized carbons (Fsp3) is 0. The van der Waals surface area contributed by atoms with E-state index in [0.29, 0.717) is 11.3 Å². The highest BCUT2D eigenvalue weighted by molar-refractivity contribution is 6.29. The lowest BCUT2D eigenvalue weighted by Crippen LogP contribution is -2.13. The Morgan fingerprint density at radius 2 is 2.00 bits per heavy atom. The molecule has 0 bridgehead atoms. The molecular weight excluding hydrogens is 270 g/mol. The second kappa shape index (κ2) is 5.45. The molecule has 7 heteroatoms. The number of aromatic carboxylic acids is 1. The number of carbonyl (C=O) groups is 2. The van der Waals surface area contributed by atoms with Gasteiger partial charge in [0.05, 0.1) is 5.56 Å². The average molecular weight is 278 g/mol. The monoisotopic (exact) mass is 277 g/mol. The zero-order chi connectivity index (χ0) is 13.8. The number of carboxylic acids is 1. The second-order valence-electron chi connectivity index (χ2n) is 3.56. The van der Waals surface area contributed by atoms with Gasteiger partial charge in [0, 0.05) is 18.1 Å². The number of pyridine rings is 2. The molecule has 0 aliphatic rings. The van der Waals surface area contributed by atoms with Crippen LogP contribution in [-0.2, 0) is 0 Å². The SMILES string of the molecule is O=C(Nc1ccnc(C(=O)O)c1)c1ccc(Cl)nc1. The second-order valence-corrected chi connectivity index (χ2v) is 3.95. The summed E-state index contributed by atoms with van der Waals surface area (Å²) in [5.41, 5.74) is 0.512. The maximum Gasteiger partial charge on any atom is 0.354 e. The summed E-state index contributed by atoms with van der Waals surface area (Å²) in [4.78, 5) is 30.0. The fourth-order valence-corrected chi connectivity index (χ4v) is 1.45. The number of nitrogens with zero attached hydrogens (tertiary/aromatic N) is 2. The molecule has 0 radical (unpaired) electrons. The van der Waals surface area contributed by atoms with Gasteiger partial charge in [-0.25, -0.2) is 14.8 Å². The van der Waals surface area contributed by atoms with E-state index in [1.165, 1.54) is 36.7 Å². The van der Waals surface area contributed by atoms with Crippen molar-refractivity contribution in [1.82, 2.24) is 9.97 Å². The van der Waals surface area contributed by atoms with Crippen LogP contribution in [0.2, 0.25) is 5.15 Å². The van der Waals surface area contributed by atoms with Crippen LogP contribution in [0.4, 0.5) is 5.69 Å². The van der Waals surface area contributed by atoms with Crippen LogP contribution < -0.4 is 5.32 Å². The highest BCUT2D eigenvalue weighted by Gasteiger charge is 2.09. The summed E-state index contributed by atoms with van der Waals surface area (Å²) in [7, 11) is 0. The van der Waals surface area contributed by atoms with Crippen LogP contribution in [0.3, 0.4) is 0 Å². The topological polar surface area (TPSA) is 92.2 Å².